The highest BCUT2D eigenvalue weighted by molar-refractivity contribution is 6.29. The molecule has 2 N–H and O–H groups in total. The van der Waals surface area contributed by atoms with Gasteiger partial charge < -0.3 is 10.6 Å². The van der Waals surface area contributed by atoms with Gasteiger partial charge in [-0.1, -0.05) is 17.7 Å². The van der Waals surface area contributed by atoms with E-state index in [4.69, 9.17) is 11.6 Å². The van der Waals surface area contributed by atoms with Gasteiger partial charge in [0.1, 0.15) is 11.2 Å². The minimum absolute atomic E-state index is 0.0455. The first kappa shape index (κ1) is 13.3. The highest BCUT2D eigenvalue weighted by atomic mass is 35.5. The maximum Gasteiger partial charge on any atom is 0.238 e. The van der Waals surface area contributed by atoms with E-state index in [1.165, 1.54) is 0 Å². The fourth-order valence-electron chi connectivity index (χ4n) is 2.10. The van der Waals surface area contributed by atoms with E-state index in [2.05, 4.69) is 20.5 Å². The second-order valence-electron chi connectivity index (χ2n) is 4.29. The Bertz CT molecular complexity index is 409. The number of rotatable bonds is 3. The highest BCUT2D eigenvalue weighted by Crippen LogP contribution is 2.12. The largest absolute Gasteiger partial charge is 0.358 e. The van der Waals surface area contributed by atoms with Crippen LogP contribution in [0.25, 0.3) is 0 Å². The first-order chi connectivity index (χ1) is 8.70. The third kappa shape index (κ3) is 3.19. The first-order valence-electron chi connectivity index (χ1n) is 5.97. The van der Waals surface area contributed by atoms with Gasteiger partial charge in [0.05, 0.1) is 0 Å². The van der Waals surface area contributed by atoms with Gasteiger partial charge in [-0.15, -0.1) is 0 Å². The molecule has 1 fully saturated rings. The lowest BCUT2D eigenvalue weighted by Gasteiger charge is -2.34. The quantitative estimate of drug-likeness (QED) is 0.772. The number of hydrogen-bond donors (Lipinski definition) is 2. The Kier molecular flexibility index (Phi) is 4.52. The van der Waals surface area contributed by atoms with Gasteiger partial charge in [-0.05, 0) is 11.6 Å². The summed E-state index contributed by atoms with van der Waals surface area (Å²) < 4.78 is 0. The Morgan fingerprint density at radius 2 is 2.50 bits per heavy atom. The van der Waals surface area contributed by atoms with Crippen LogP contribution in [0.2, 0.25) is 5.15 Å². The average molecular weight is 269 g/mol. The molecule has 5 nitrogen and oxygen atoms in total. The molecule has 2 rings (SSSR count). The second-order valence-corrected chi connectivity index (χ2v) is 4.68. The molecule has 0 aliphatic carbocycles. The maximum absolute atomic E-state index is 11.8. The van der Waals surface area contributed by atoms with E-state index in [1.807, 2.05) is 6.07 Å². The van der Waals surface area contributed by atoms with E-state index in [9.17, 15) is 4.79 Å². The molecule has 0 aromatic carbocycles. The van der Waals surface area contributed by atoms with Crippen LogP contribution in [0.3, 0.4) is 0 Å². The number of halogens is 1. The predicted molar refractivity (Wildman–Crippen MR) is 70.4 cm³/mol. The number of nitrogens with zero attached hydrogens (tertiary/aromatic N) is 2. The molecule has 1 aromatic heterocycles. The third-order valence-corrected chi connectivity index (χ3v) is 3.30. The summed E-state index contributed by atoms with van der Waals surface area (Å²) in [5, 5.41) is 6.43. The van der Waals surface area contributed by atoms with Gasteiger partial charge in [0.2, 0.25) is 5.91 Å². The molecule has 1 aromatic rings. The Morgan fingerprint density at radius 3 is 3.17 bits per heavy atom. The summed E-state index contributed by atoms with van der Waals surface area (Å²) in [4.78, 5) is 18.0. The van der Waals surface area contributed by atoms with E-state index in [1.54, 1.807) is 19.3 Å². The van der Waals surface area contributed by atoms with Crippen molar-refractivity contribution in [3.63, 3.8) is 0 Å². The molecule has 2 heterocycles. The van der Waals surface area contributed by atoms with Crippen LogP contribution in [0, 0.1) is 0 Å². The van der Waals surface area contributed by atoms with E-state index < -0.39 is 0 Å². The lowest BCUT2D eigenvalue weighted by atomic mass is 10.1. The summed E-state index contributed by atoms with van der Waals surface area (Å²) in [6.07, 6.45) is 1.76. The molecule has 0 saturated carbocycles. The van der Waals surface area contributed by atoms with Gasteiger partial charge in [0.25, 0.3) is 0 Å². The molecular weight excluding hydrogens is 252 g/mol. The number of carbonyl (C=O) groups excluding carboxylic acids is 1. The number of amides is 1. The van der Waals surface area contributed by atoms with Crippen molar-refractivity contribution < 1.29 is 4.79 Å². The normalized spacial score (nSPS) is 20.7. The molecule has 18 heavy (non-hydrogen) atoms. The zero-order valence-corrected chi connectivity index (χ0v) is 11.1. The van der Waals surface area contributed by atoms with Crippen LogP contribution < -0.4 is 10.6 Å². The Labute approximate surface area is 112 Å². The van der Waals surface area contributed by atoms with Crippen LogP contribution in [-0.4, -0.2) is 48.5 Å². The van der Waals surface area contributed by atoms with E-state index in [-0.39, 0.29) is 11.9 Å². The zero-order valence-electron chi connectivity index (χ0n) is 10.3. The van der Waals surface area contributed by atoms with Crippen molar-refractivity contribution in [2.45, 2.75) is 12.6 Å². The van der Waals surface area contributed by atoms with E-state index in [0.29, 0.717) is 18.2 Å². The van der Waals surface area contributed by atoms with Crippen LogP contribution in [0.1, 0.15) is 5.56 Å². The number of hydrogen-bond acceptors (Lipinski definition) is 4. The van der Waals surface area contributed by atoms with Crippen LogP contribution in [0.4, 0.5) is 0 Å². The minimum atomic E-state index is -0.126. The molecule has 0 spiro atoms. The number of aromatic nitrogens is 1. The number of likely N-dealkylation sites (N-methyl/N-ethyl adjacent to an activating group) is 1. The molecule has 1 amide bonds. The molecular formula is C12H17ClN4O. The van der Waals surface area contributed by atoms with Gasteiger partial charge in [0.15, 0.2) is 0 Å². The summed E-state index contributed by atoms with van der Waals surface area (Å²) in [5.41, 5.74) is 1.07. The standard InChI is InChI=1S/C12H17ClN4O/c1-14-12(18)10-7-15-4-5-17(10)8-9-2-3-11(13)16-6-9/h2-3,6,10,15H,4-5,7-8H2,1H3,(H,14,18). The van der Waals surface area contributed by atoms with Gasteiger partial charge in [0, 0.05) is 39.4 Å². The lowest BCUT2D eigenvalue weighted by Crippen LogP contribution is -2.56. The van der Waals surface area contributed by atoms with Crippen molar-refractivity contribution in [3.8, 4) is 0 Å². The molecule has 0 bridgehead atoms. The van der Waals surface area contributed by atoms with Crippen LogP contribution in [0.5, 0.6) is 0 Å². The van der Waals surface area contributed by atoms with E-state index >= 15 is 0 Å². The number of piperazine rings is 1. The summed E-state index contributed by atoms with van der Waals surface area (Å²) in [6, 6.07) is 3.59. The van der Waals surface area contributed by atoms with Crippen molar-refractivity contribution in [2.75, 3.05) is 26.7 Å². The minimum Gasteiger partial charge on any atom is -0.358 e. The Morgan fingerprint density at radius 1 is 1.67 bits per heavy atom. The Balaban J connectivity index is 2.05. The van der Waals surface area contributed by atoms with Gasteiger partial charge in [-0.25, -0.2) is 4.98 Å². The SMILES string of the molecule is CNC(=O)C1CNCCN1Cc1ccc(Cl)nc1. The second kappa shape index (κ2) is 6.13. The van der Waals surface area contributed by atoms with Crippen molar-refractivity contribution in [3.05, 3.63) is 29.0 Å². The lowest BCUT2D eigenvalue weighted by molar-refractivity contribution is -0.126. The van der Waals surface area contributed by atoms with Crippen LogP contribution >= 0.6 is 11.6 Å². The summed E-state index contributed by atoms with van der Waals surface area (Å²) >= 11 is 5.76. The fraction of sp³-hybridized carbons (Fsp3) is 0.500. The first-order valence-corrected chi connectivity index (χ1v) is 6.35. The maximum atomic E-state index is 11.8. The topological polar surface area (TPSA) is 57.3 Å². The fourth-order valence-corrected chi connectivity index (χ4v) is 2.21. The number of pyridine rings is 1. The van der Waals surface area contributed by atoms with Crippen LogP contribution in [-0.2, 0) is 11.3 Å². The van der Waals surface area contributed by atoms with Crippen molar-refractivity contribution >= 4 is 17.5 Å². The Hall–Kier alpha value is -1.17. The van der Waals surface area contributed by atoms with Gasteiger partial charge in [-0.2, -0.15) is 0 Å². The zero-order chi connectivity index (χ0) is 13.0. The molecule has 98 valence electrons. The third-order valence-electron chi connectivity index (χ3n) is 3.08. The molecule has 6 heteroatoms. The number of carbonyl (C=O) groups is 1. The molecule has 1 unspecified atom stereocenters. The van der Waals surface area contributed by atoms with Crippen LogP contribution in [0.15, 0.2) is 18.3 Å². The van der Waals surface area contributed by atoms with Crippen molar-refractivity contribution in [2.24, 2.45) is 0 Å². The number of nitrogens with one attached hydrogen (secondary N) is 2. The molecule has 1 atom stereocenters. The summed E-state index contributed by atoms with van der Waals surface area (Å²) in [5.74, 6) is 0.0455. The van der Waals surface area contributed by atoms with E-state index in [0.717, 1.165) is 18.7 Å². The monoisotopic (exact) mass is 268 g/mol. The molecule has 1 aliphatic rings. The van der Waals surface area contributed by atoms with Crippen molar-refractivity contribution in [1.29, 1.82) is 0 Å². The summed E-state index contributed by atoms with van der Waals surface area (Å²) in [6.45, 7) is 3.14. The molecule has 0 radical (unpaired) electrons. The van der Waals surface area contributed by atoms with Gasteiger partial charge >= 0.3 is 0 Å². The predicted octanol–water partition coefficient (Wildman–Crippen LogP) is 0.255. The smallest absolute Gasteiger partial charge is 0.238 e. The van der Waals surface area contributed by atoms with Gasteiger partial charge in [-0.3, -0.25) is 9.69 Å². The summed E-state index contributed by atoms with van der Waals surface area (Å²) in [7, 11) is 1.67. The highest BCUT2D eigenvalue weighted by Gasteiger charge is 2.27. The average Bonchev–Trinajstić information content (AvgIpc) is 2.41. The molecule has 1 saturated heterocycles. The molecule has 1 aliphatic heterocycles. The van der Waals surface area contributed by atoms with Crippen molar-refractivity contribution in [1.82, 2.24) is 20.5 Å².